The Hall–Kier alpha value is -5.44. The van der Waals surface area contributed by atoms with Gasteiger partial charge in [0.1, 0.15) is 36.5 Å². The molecular weight excluding hydrogens is 905 g/mol. The Morgan fingerprint density at radius 1 is 0.582 bits per heavy atom. The molecule has 0 saturated carbocycles. The molecule has 0 spiro atoms. The van der Waals surface area contributed by atoms with Gasteiger partial charge in [0.2, 0.25) is 0 Å². The molecular formula is C49H56O16SSi. The molecule has 0 amide bonds. The summed E-state index contributed by atoms with van der Waals surface area (Å²) < 4.78 is 53.2. The minimum Gasteiger partial charge on any atom is -0.459 e. The number of carbonyl (C=O) groups is 5. The molecule has 0 aliphatic carbocycles. The van der Waals surface area contributed by atoms with E-state index in [9.17, 15) is 34.2 Å². The van der Waals surface area contributed by atoms with Crippen LogP contribution in [-0.4, -0.2) is 129 Å². The fourth-order valence-electron chi connectivity index (χ4n) is 8.31. The summed E-state index contributed by atoms with van der Waals surface area (Å²) in [6, 6.07) is 34.2. The van der Waals surface area contributed by atoms with Crippen molar-refractivity contribution in [1.82, 2.24) is 0 Å². The lowest BCUT2D eigenvalue weighted by Gasteiger charge is -2.46. The minimum absolute atomic E-state index is 0.151. The number of methoxy groups -OCH3 is 1. The zero-order valence-corrected chi connectivity index (χ0v) is 40.0. The second kappa shape index (κ2) is 22.6. The highest BCUT2D eigenvalue weighted by Gasteiger charge is 2.54. The van der Waals surface area contributed by atoms with E-state index in [0.29, 0.717) is 4.90 Å². The molecule has 358 valence electrons. The first-order valence-electron chi connectivity index (χ1n) is 21.6. The van der Waals surface area contributed by atoms with Gasteiger partial charge in [-0.3, -0.25) is 14.4 Å². The quantitative estimate of drug-likeness (QED) is 0.0909. The Morgan fingerprint density at radius 3 is 1.60 bits per heavy atom. The van der Waals surface area contributed by atoms with Gasteiger partial charge < -0.3 is 52.5 Å². The molecule has 2 aliphatic rings. The SMILES string of the molecule is CO[C@H]1O[C@H](CO[Si](c2ccccc2)(c2ccccc2)C(C)(C)C)[C@@H](O)[C@H](O)[C@H]1OC(=O)c1ccccc1C(=O)OC[C@H]1O[C@@H](Sc2ccccc2)[C@H](OC(C)=O)[C@@H](OC(C)=O)[C@@H]1OC(C)=O. The van der Waals surface area contributed by atoms with Crippen LogP contribution in [0.25, 0.3) is 0 Å². The highest BCUT2D eigenvalue weighted by atomic mass is 32.2. The normalized spacial score (nSPS) is 25.3. The van der Waals surface area contributed by atoms with Crippen LogP contribution in [0.4, 0.5) is 0 Å². The van der Waals surface area contributed by atoms with Gasteiger partial charge in [0.25, 0.3) is 8.32 Å². The number of aliphatic hydroxyl groups excluding tert-OH is 2. The zero-order valence-electron chi connectivity index (χ0n) is 38.2. The number of ether oxygens (including phenoxy) is 8. The van der Waals surface area contributed by atoms with Crippen LogP contribution in [0.2, 0.25) is 5.04 Å². The van der Waals surface area contributed by atoms with E-state index >= 15 is 0 Å². The van der Waals surface area contributed by atoms with Crippen molar-refractivity contribution in [3.63, 3.8) is 0 Å². The fraction of sp³-hybridized carbons (Fsp3) is 0.408. The second-order valence-corrected chi connectivity index (χ2v) is 22.4. The number of rotatable bonds is 16. The molecule has 10 atom stereocenters. The maximum Gasteiger partial charge on any atom is 0.339 e. The summed E-state index contributed by atoms with van der Waals surface area (Å²) >= 11 is 1.13. The predicted molar refractivity (Wildman–Crippen MR) is 245 cm³/mol. The maximum atomic E-state index is 14.0. The third kappa shape index (κ3) is 12.0. The van der Waals surface area contributed by atoms with Crippen molar-refractivity contribution < 1.29 is 76.5 Å². The Labute approximate surface area is 394 Å². The maximum absolute atomic E-state index is 14.0. The number of benzene rings is 4. The van der Waals surface area contributed by atoms with Gasteiger partial charge >= 0.3 is 29.8 Å². The van der Waals surface area contributed by atoms with E-state index in [1.807, 2.05) is 60.7 Å². The number of thioether (sulfide) groups is 1. The Morgan fingerprint density at radius 2 is 1.07 bits per heavy atom. The molecule has 67 heavy (non-hydrogen) atoms. The molecule has 0 bridgehead atoms. The highest BCUT2D eigenvalue weighted by Crippen LogP contribution is 2.39. The highest BCUT2D eigenvalue weighted by molar-refractivity contribution is 7.99. The Kier molecular flexibility index (Phi) is 17.2. The van der Waals surface area contributed by atoms with Crippen molar-refractivity contribution in [1.29, 1.82) is 0 Å². The van der Waals surface area contributed by atoms with Crippen molar-refractivity contribution in [3.05, 3.63) is 126 Å². The van der Waals surface area contributed by atoms with Crippen molar-refractivity contribution >= 4 is 60.3 Å². The Bertz CT molecular complexity index is 2270. The van der Waals surface area contributed by atoms with Gasteiger partial charge in [-0.05, 0) is 39.7 Å². The fourth-order valence-corrected chi connectivity index (χ4v) is 14.0. The first kappa shape index (κ1) is 51.0. The molecule has 16 nitrogen and oxygen atoms in total. The smallest absolute Gasteiger partial charge is 0.339 e. The molecule has 6 rings (SSSR count). The molecule has 18 heteroatoms. The van der Waals surface area contributed by atoms with Crippen LogP contribution in [-0.2, 0) is 56.7 Å². The molecule has 2 saturated heterocycles. The Balaban J connectivity index is 1.19. The van der Waals surface area contributed by atoms with Gasteiger partial charge in [-0.1, -0.05) is 124 Å². The van der Waals surface area contributed by atoms with Crippen LogP contribution >= 0.6 is 11.8 Å². The predicted octanol–water partition coefficient (Wildman–Crippen LogP) is 4.35. The third-order valence-electron chi connectivity index (χ3n) is 11.2. The lowest BCUT2D eigenvalue weighted by molar-refractivity contribution is -0.292. The largest absolute Gasteiger partial charge is 0.459 e. The van der Waals surface area contributed by atoms with Crippen LogP contribution in [0.3, 0.4) is 0 Å². The number of hydrogen-bond acceptors (Lipinski definition) is 17. The van der Waals surface area contributed by atoms with Crippen molar-refractivity contribution in [2.75, 3.05) is 20.3 Å². The van der Waals surface area contributed by atoms with Gasteiger partial charge in [-0.2, -0.15) is 0 Å². The standard InChI is InChI=1S/C49H56O16SSi/c1-29(50)60-41-38(64-48(66-32-19-11-8-12-20-32)44(62-31(3)52)43(41)61-30(2)51)27-58-45(55)35-25-17-18-26-36(35)46(56)65-42-40(54)39(53)37(63-47(42)57-7)28-59-67(49(4,5)6,33-21-13-9-14-22-33)34-23-15-10-16-24-34/h8-26,37-44,47-48,53-54H,27-28H2,1-7H3/t37-,38-,39-,40+,41-,42-,43+,44-,47+,48+/m1/s1. The number of aliphatic hydroxyl groups is 2. The third-order valence-corrected chi connectivity index (χ3v) is 17.4. The van der Waals surface area contributed by atoms with Crippen LogP contribution in [0, 0.1) is 0 Å². The van der Waals surface area contributed by atoms with E-state index in [4.69, 9.17) is 42.3 Å². The number of esters is 5. The first-order valence-corrected chi connectivity index (χ1v) is 24.4. The average molecular weight is 961 g/mol. The lowest BCUT2D eigenvalue weighted by atomic mass is 9.99. The molecule has 2 fully saturated rings. The van der Waals surface area contributed by atoms with Crippen LogP contribution in [0.1, 0.15) is 62.3 Å². The molecule has 4 aromatic rings. The van der Waals surface area contributed by atoms with E-state index in [-0.39, 0.29) is 17.7 Å². The van der Waals surface area contributed by atoms with Gasteiger partial charge in [-0.15, -0.1) is 0 Å². The van der Waals surface area contributed by atoms with Crippen molar-refractivity contribution in [2.24, 2.45) is 0 Å². The first-order chi connectivity index (χ1) is 31.9. The molecule has 0 unspecified atom stereocenters. The molecule has 0 radical (unpaired) electrons. The van der Waals surface area contributed by atoms with Gasteiger partial charge in [-0.25, -0.2) is 9.59 Å². The number of hydrogen-bond donors (Lipinski definition) is 2. The zero-order chi connectivity index (χ0) is 48.5. The van der Waals surface area contributed by atoms with E-state index in [1.54, 1.807) is 30.3 Å². The summed E-state index contributed by atoms with van der Waals surface area (Å²) in [5.41, 5.74) is -1.58. The van der Waals surface area contributed by atoms with Crippen LogP contribution in [0.5, 0.6) is 0 Å². The van der Waals surface area contributed by atoms with Crippen LogP contribution < -0.4 is 10.4 Å². The van der Waals surface area contributed by atoms with Gasteiger partial charge in [0.05, 0.1) is 17.7 Å². The minimum atomic E-state index is -3.10. The molecule has 4 aromatic carbocycles. The van der Waals surface area contributed by atoms with E-state index < -0.39 is 110 Å². The van der Waals surface area contributed by atoms with Gasteiger partial charge in [0, 0.05) is 32.8 Å². The van der Waals surface area contributed by atoms with Crippen LogP contribution in [0.15, 0.2) is 120 Å². The molecule has 2 N–H and O–H groups in total. The lowest BCUT2D eigenvalue weighted by Crippen LogP contribution is -2.68. The topological polar surface area (TPSA) is 209 Å². The van der Waals surface area contributed by atoms with Crippen molar-refractivity contribution in [3.8, 4) is 0 Å². The summed E-state index contributed by atoms with van der Waals surface area (Å²) in [6.45, 7) is 8.96. The van der Waals surface area contributed by atoms with E-state index in [2.05, 4.69) is 20.8 Å². The molecule has 2 aliphatic heterocycles. The number of carbonyl (C=O) groups excluding carboxylic acids is 5. The second-order valence-electron chi connectivity index (χ2n) is 16.9. The summed E-state index contributed by atoms with van der Waals surface area (Å²) in [6.07, 6.45) is -12.7. The molecule has 2 heterocycles. The molecule has 0 aromatic heterocycles. The summed E-state index contributed by atoms with van der Waals surface area (Å²) in [4.78, 5) is 65.6. The van der Waals surface area contributed by atoms with E-state index in [1.165, 1.54) is 31.4 Å². The summed E-state index contributed by atoms with van der Waals surface area (Å²) in [5.74, 6) is -4.40. The summed E-state index contributed by atoms with van der Waals surface area (Å²) in [5, 5.41) is 24.7. The monoisotopic (exact) mass is 960 g/mol. The van der Waals surface area contributed by atoms with Gasteiger partial charge in [0.15, 0.2) is 30.7 Å². The van der Waals surface area contributed by atoms with E-state index in [0.717, 1.165) is 42.9 Å². The summed E-state index contributed by atoms with van der Waals surface area (Å²) in [7, 11) is -1.81. The average Bonchev–Trinajstić information content (AvgIpc) is 3.30. The van der Waals surface area contributed by atoms with Crippen molar-refractivity contribution in [2.45, 2.75) is 112 Å².